The quantitative estimate of drug-likeness (QED) is 0.307. The van der Waals surface area contributed by atoms with Gasteiger partial charge in [0.25, 0.3) is 0 Å². The molecule has 5 rings (SSSR count). The zero-order valence-corrected chi connectivity index (χ0v) is 16.8. The van der Waals surface area contributed by atoms with Gasteiger partial charge in [0.15, 0.2) is 0 Å². The Kier molecular flexibility index (Phi) is 4.61. The van der Waals surface area contributed by atoms with Crippen molar-refractivity contribution in [3.8, 4) is 5.75 Å². The number of benzene rings is 4. The van der Waals surface area contributed by atoms with Gasteiger partial charge < -0.3 is 9.15 Å². The second-order valence-electron chi connectivity index (χ2n) is 7.36. The predicted octanol–water partition coefficient (Wildman–Crippen LogP) is 6.82. The van der Waals surface area contributed by atoms with E-state index in [-0.39, 0.29) is 0 Å². The molecule has 4 aromatic carbocycles. The maximum Gasteiger partial charge on any atom is 0.134 e. The van der Waals surface area contributed by atoms with E-state index in [4.69, 9.17) is 9.15 Å². The summed E-state index contributed by atoms with van der Waals surface area (Å²) in [6, 6.07) is 39.7. The van der Waals surface area contributed by atoms with E-state index >= 15 is 0 Å². The van der Waals surface area contributed by atoms with Crippen LogP contribution in [0.3, 0.4) is 0 Å². The number of ether oxygens (including phenoxy) is 1. The van der Waals surface area contributed by atoms with Crippen LogP contribution in [0.2, 0.25) is 0 Å². The lowest BCUT2D eigenvalue weighted by Gasteiger charge is -2.34. The number of furan rings is 1. The Balaban J connectivity index is 1.89. The summed E-state index contributed by atoms with van der Waals surface area (Å²) in [7, 11) is 1.69. The number of hydrogen-bond donors (Lipinski definition) is 0. The van der Waals surface area contributed by atoms with E-state index in [1.165, 1.54) is 0 Å². The van der Waals surface area contributed by atoms with Gasteiger partial charge in [-0.25, -0.2) is 0 Å². The van der Waals surface area contributed by atoms with Crippen molar-refractivity contribution in [3.63, 3.8) is 0 Å². The van der Waals surface area contributed by atoms with Crippen LogP contribution >= 0.6 is 0 Å². The van der Waals surface area contributed by atoms with Gasteiger partial charge in [0, 0.05) is 5.39 Å². The summed E-state index contributed by atoms with van der Waals surface area (Å²) in [5.41, 5.74) is 3.73. The highest BCUT2D eigenvalue weighted by molar-refractivity contribution is 5.79. The fourth-order valence-electron chi connectivity index (χ4n) is 4.31. The molecule has 0 aliphatic heterocycles. The van der Waals surface area contributed by atoms with Crippen LogP contribution < -0.4 is 4.74 Å². The summed E-state index contributed by atoms with van der Waals surface area (Å²) in [6.45, 7) is 0. The van der Waals surface area contributed by atoms with E-state index in [1.54, 1.807) is 7.11 Å². The van der Waals surface area contributed by atoms with Crippen molar-refractivity contribution in [2.45, 2.75) is 5.41 Å². The van der Waals surface area contributed by atoms with Crippen LogP contribution in [0.4, 0.5) is 0 Å². The van der Waals surface area contributed by atoms with E-state index < -0.39 is 5.41 Å². The van der Waals surface area contributed by atoms with Crippen molar-refractivity contribution >= 4 is 11.0 Å². The lowest BCUT2D eigenvalue weighted by atomic mass is 9.67. The minimum absolute atomic E-state index is 0.589. The van der Waals surface area contributed by atoms with Gasteiger partial charge >= 0.3 is 0 Å². The molecule has 1 heterocycles. The average Bonchev–Trinajstić information content (AvgIpc) is 3.26. The molecule has 0 aliphatic carbocycles. The van der Waals surface area contributed by atoms with Gasteiger partial charge in [-0.05, 0) is 41.0 Å². The molecule has 2 heteroatoms. The molecular formula is C28H22O2. The third kappa shape index (κ3) is 2.89. The number of fused-ring (bicyclic) bond motifs is 1. The highest BCUT2D eigenvalue weighted by Gasteiger charge is 2.41. The van der Waals surface area contributed by atoms with Crippen molar-refractivity contribution < 1.29 is 9.15 Å². The predicted molar refractivity (Wildman–Crippen MR) is 121 cm³/mol. The summed E-state index contributed by atoms with van der Waals surface area (Å²) in [4.78, 5) is 0. The van der Waals surface area contributed by atoms with Gasteiger partial charge in [-0.15, -0.1) is 0 Å². The number of hydrogen-bond acceptors (Lipinski definition) is 2. The summed E-state index contributed by atoms with van der Waals surface area (Å²) >= 11 is 0. The van der Waals surface area contributed by atoms with Gasteiger partial charge in [0.1, 0.15) is 22.5 Å². The van der Waals surface area contributed by atoms with Gasteiger partial charge in [-0.3, -0.25) is 0 Å². The first-order chi connectivity index (χ1) is 14.8. The van der Waals surface area contributed by atoms with Crippen LogP contribution in [-0.2, 0) is 5.41 Å². The second-order valence-corrected chi connectivity index (χ2v) is 7.36. The number of para-hydroxylation sites is 1. The molecular weight excluding hydrogens is 368 g/mol. The average molecular weight is 390 g/mol. The molecule has 0 N–H and O–H groups in total. The molecule has 0 unspecified atom stereocenters. The molecule has 0 radical (unpaired) electrons. The second kappa shape index (κ2) is 7.57. The van der Waals surface area contributed by atoms with E-state index in [1.807, 2.05) is 42.5 Å². The fourth-order valence-corrected chi connectivity index (χ4v) is 4.31. The van der Waals surface area contributed by atoms with E-state index in [0.717, 1.165) is 39.2 Å². The Hall–Kier alpha value is -3.78. The van der Waals surface area contributed by atoms with Crippen molar-refractivity contribution in [3.05, 3.63) is 138 Å². The Labute approximate surface area is 176 Å². The number of rotatable bonds is 5. The standard InChI is InChI=1S/C28H22O2/c1-29-25-18-16-24(17-19-25)28(22-11-4-2-5-12-22,23-13-6-3-7-14-23)27-20-21-10-8-9-15-26(21)30-27/h2-20H,1H3. The molecule has 0 fully saturated rings. The Bertz CT molecular complexity index is 1180. The van der Waals surface area contributed by atoms with Crippen LogP contribution in [0.25, 0.3) is 11.0 Å². The Morgan fingerprint density at radius 2 is 1.13 bits per heavy atom. The molecule has 0 amide bonds. The van der Waals surface area contributed by atoms with Crippen LogP contribution in [0.5, 0.6) is 5.75 Å². The zero-order valence-electron chi connectivity index (χ0n) is 16.8. The molecule has 0 saturated carbocycles. The van der Waals surface area contributed by atoms with Crippen molar-refractivity contribution in [1.29, 1.82) is 0 Å². The molecule has 0 spiro atoms. The first kappa shape index (κ1) is 18.3. The smallest absolute Gasteiger partial charge is 0.134 e. The van der Waals surface area contributed by atoms with Crippen LogP contribution in [0.1, 0.15) is 22.5 Å². The minimum Gasteiger partial charge on any atom is -0.497 e. The zero-order chi connectivity index (χ0) is 20.4. The molecule has 0 saturated heterocycles. The third-order valence-corrected chi connectivity index (χ3v) is 5.73. The highest BCUT2D eigenvalue weighted by Crippen LogP contribution is 2.46. The van der Waals surface area contributed by atoms with Gasteiger partial charge in [-0.2, -0.15) is 0 Å². The minimum atomic E-state index is -0.589. The van der Waals surface area contributed by atoms with E-state index in [0.29, 0.717) is 0 Å². The normalized spacial score (nSPS) is 11.5. The van der Waals surface area contributed by atoms with Gasteiger partial charge in [0.2, 0.25) is 0 Å². The highest BCUT2D eigenvalue weighted by atomic mass is 16.5. The molecule has 30 heavy (non-hydrogen) atoms. The Morgan fingerprint density at radius 3 is 1.70 bits per heavy atom. The van der Waals surface area contributed by atoms with E-state index in [2.05, 4.69) is 72.8 Å². The molecule has 146 valence electrons. The summed E-state index contributed by atoms with van der Waals surface area (Å²) < 4.78 is 11.9. The monoisotopic (exact) mass is 390 g/mol. The lowest BCUT2D eigenvalue weighted by molar-refractivity contribution is 0.414. The van der Waals surface area contributed by atoms with Crippen molar-refractivity contribution in [1.82, 2.24) is 0 Å². The van der Waals surface area contributed by atoms with Crippen molar-refractivity contribution in [2.75, 3.05) is 7.11 Å². The summed E-state index contributed by atoms with van der Waals surface area (Å²) in [5.74, 6) is 1.73. The maximum absolute atomic E-state index is 6.52. The molecule has 5 aromatic rings. The summed E-state index contributed by atoms with van der Waals surface area (Å²) in [5, 5.41) is 1.09. The van der Waals surface area contributed by atoms with Gasteiger partial charge in [-0.1, -0.05) is 91.0 Å². The summed E-state index contributed by atoms with van der Waals surface area (Å²) in [6.07, 6.45) is 0. The first-order valence-corrected chi connectivity index (χ1v) is 10.1. The molecule has 0 bridgehead atoms. The van der Waals surface area contributed by atoms with Crippen LogP contribution in [0, 0.1) is 0 Å². The van der Waals surface area contributed by atoms with Gasteiger partial charge in [0.05, 0.1) is 7.11 Å². The van der Waals surface area contributed by atoms with Crippen LogP contribution in [-0.4, -0.2) is 7.11 Å². The SMILES string of the molecule is COc1ccc(C(c2ccccc2)(c2ccccc2)c2cc3ccccc3o2)cc1. The van der Waals surface area contributed by atoms with Crippen molar-refractivity contribution in [2.24, 2.45) is 0 Å². The molecule has 1 aromatic heterocycles. The fraction of sp³-hybridized carbons (Fsp3) is 0.0714. The maximum atomic E-state index is 6.52. The Morgan fingerprint density at radius 1 is 0.600 bits per heavy atom. The molecule has 2 nitrogen and oxygen atoms in total. The first-order valence-electron chi connectivity index (χ1n) is 10.1. The topological polar surface area (TPSA) is 22.4 Å². The molecule has 0 atom stereocenters. The van der Waals surface area contributed by atoms with E-state index in [9.17, 15) is 0 Å². The molecule has 0 aliphatic rings. The lowest BCUT2D eigenvalue weighted by Crippen LogP contribution is -2.30. The third-order valence-electron chi connectivity index (χ3n) is 5.73. The van der Waals surface area contributed by atoms with Crippen LogP contribution in [0.15, 0.2) is 120 Å². The largest absolute Gasteiger partial charge is 0.497 e. The number of methoxy groups -OCH3 is 1.